The normalized spacial score (nSPS) is 26.8. The minimum absolute atomic E-state index is 0.519. The molecule has 7 nitrogen and oxygen atoms in total. The second-order valence-corrected chi connectivity index (χ2v) is 7.26. The summed E-state index contributed by atoms with van der Waals surface area (Å²) in [5.41, 5.74) is 2.29. The lowest BCUT2D eigenvalue weighted by Gasteiger charge is -2.39. The third kappa shape index (κ3) is 4.55. The maximum absolute atomic E-state index is 11.9. The molecule has 29 heavy (non-hydrogen) atoms. The van der Waals surface area contributed by atoms with Crippen LogP contribution in [-0.4, -0.2) is 59.9 Å². The average Bonchev–Trinajstić information content (AvgIpc) is 2.74. The van der Waals surface area contributed by atoms with E-state index in [0.29, 0.717) is 17.0 Å². The molecule has 3 rings (SSSR count). The van der Waals surface area contributed by atoms with Crippen LogP contribution in [0.5, 0.6) is 5.75 Å². The van der Waals surface area contributed by atoms with E-state index in [9.17, 15) is 20.1 Å². The van der Waals surface area contributed by atoms with Gasteiger partial charge in [-0.3, -0.25) is 0 Å². The molecule has 0 radical (unpaired) electrons. The summed E-state index contributed by atoms with van der Waals surface area (Å²) in [7, 11) is 2.75. The maximum Gasteiger partial charge on any atom is 0.337 e. The molecule has 0 saturated carbocycles. The number of hydrogen-bond donors (Lipinski definition) is 3. The van der Waals surface area contributed by atoms with E-state index in [-0.39, 0.29) is 0 Å². The number of carbonyl (C=O) groups excluding carboxylic acids is 1. The van der Waals surface area contributed by atoms with Crippen molar-refractivity contribution in [3.8, 4) is 5.75 Å². The van der Waals surface area contributed by atoms with Gasteiger partial charge in [-0.1, -0.05) is 35.9 Å². The Morgan fingerprint density at radius 3 is 2.34 bits per heavy atom. The molecule has 1 heterocycles. The van der Waals surface area contributed by atoms with Crippen molar-refractivity contribution in [3.63, 3.8) is 0 Å². The van der Waals surface area contributed by atoms with E-state index in [2.05, 4.69) is 4.74 Å². The highest BCUT2D eigenvalue weighted by atomic mass is 35.5. The molecular weight excluding hydrogens is 400 g/mol. The average molecular weight is 423 g/mol. The highest BCUT2D eigenvalue weighted by Gasteiger charge is 2.47. The molecule has 1 aliphatic heterocycles. The molecular formula is C21H23ClO7. The maximum atomic E-state index is 11.9. The van der Waals surface area contributed by atoms with Crippen LogP contribution in [0.3, 0.4) is 0 Å². The highest BCUT2D eigenvalue weighted by molar-refractivity contribution is 6.31. The first-order valence-corrected chi connectivity index (χ1v) is 9.42. The van der Waals surface area contributed by atoms with Crippen LogP contribution in [0.15, 0.2) is 42.5 Å². The van der Waals surface area contributed by atoms with Gasteiger partial charge in [-0.25, -0.2) is 4.79 Å². The second-order valence-electron chi connectivity index (χ2n) is 6.85. The quantitative estimate of drug-likeness (QED) is 0.629. The molecule has 5 atom stereocenters. The molecule has 0 spiro atoms. The summed E-state index contributed by atoms with van der Waals surface area (Å²) < 4.78 is 15.4. The van der Waals surface area contributed by atoms with E-state index >= 15 is 0 Å². The Morgan fingerprint density at radius 1 is 1.03 bits per heavy atom. The van der Waals surface area contributed by atoms with Gasteiger partial charge in [0.05, 0.1) is 14.2 Å². The Morgan fingerprint density at radius 2 is 1.72 bits per heavy atom. The molecule has 5 unspecified atom stereocenters. The fourth-order valence-electron chi connectivity index (χ4n) is 3.34. The predicted octanol–water partition coefficient (Wildman–Crippen LogP) is 1.63. The largest absolute Gasteiger partial charge is 0.497 e. The van der Waals surface area contributed by atoms with Crippen molar-refractivity contribution in [2.45, 2.75) is 36.9 Å². The van der Waals surface area contributed by atoms with Crippen molar-refractivity contribution in [1.82, 2.24) is 0 Å². The first-order chi connectivity index (χ1) is 13.8. The molecule has 2 aromatic carbocycles. The van der Waals surface area contributed by atoms with Gasteiger partial charge in [-0.2, -0.15) is 0 Å². The molecule has 8 heteroatoms. The summed E-state index contributed by atoms with van der Waals surface area (Å²) in [6, 6.07) is 12.6. The summed E-state index contributed by atoms with van der Waals surface area (Å²) in [4.78, 5) is 11.9. The van der Waals surface area contributed by atoms with E-state index in [1.165, 1.54) is 0 Å². The number of esters is 1. The lowest BCUT2D eigenvalue weighted by molar-refractivity contribution is -0.231. The fraction of sp³-hybridized carbons (Fsp3) is 0.381. The molecule has 1 saturated heterocycles. The number of carbonyl (C=O) groups is 1. The zero-order valence-corrected chi connectivity index (χ0v) is 16.7. The first kappa shape index (κ1) is 21.5. The van der Waals surface area contributed by atoms with Crippen molar-refractivity contribution < 1.29 is 34.3 Å². The number of halogens is 1. The Kier molecular flexibility index (Phi) is 6.77. The number of benzene rings is 2. The molecule has 2 aromatic rings. The Hall–Kier alpha value is -2.16. The molecule has 156 valence electrons. The van der Waals surface area contributed by atoms with Crippen LogP contribution >= 0.6 is 11.6 Å². The van der Waals surface area contributed by atoms with Gasteiger partial charge >= 0.3 is 5.97 Å². The number of methoxy groups -OCH3 is 2. The van der Waals surface area contributed by atoms with Crippen LogP contribution in [0.25, 0.3) is 0 Å². The van der Waals surface area contributed by atoms with Gasteiger partial charge < -0.3 is 29.5 Å². The van der Waals surface area contributed by atoms with E-state index in [0.717, 1.165) is 24.0 Å². The SMILES string of the molecule is COC(=O)C1OC(c2ccc(Cl)c(Cc3ccc(OC)cc3)c2)C(O)C(O)C1O. The summed E-state index contributed by atoms with van der Waals surface area (Å²) in [5.74, 6) is -0.0883. The molecule has 0 bridgehead atoms. The molecule has 0 aliphatic carbocycles. The first-order valence-electron chi connectivity index (χ1n) is 9.04. The van der Waals surface area contributed by atoms with Gasteiger partial charge in [0.15, 0.2) is 6.10 Å². The molecule has 3 N–H and O–H groups in total. The summed E-state index contributed by atoms with van der Waals surface area (Å²) >= 11 is 6.34. The van der Waals surface area contributed by atoms with Crippen LogP contribution in [0.1, 0.15) is 22.8 Å². The highest BCUT2D eigenvalue weighted by Crippen LogP contribution is 2.35. The van der Waals surface area contributed by atoms with Gasteiger partial charge in [0.25, 0.3) is 0 Å². The van der Waals surface area contributed by atoms with E-state index < -0.39 is 36.5 Å². The number of ether oxygens (including phenoxy) is 3. The lowest BCUT2D eigenvalue weighted by atomic mass is 9.90. The van der Waals surface area contributed by atoms with Crippen LogP contribution < -0.4 is 4.74 Å². The third-order valence-electron chi connectivity index (χ3n) is 5.00. The molecule has 0 aromatic heterocycles. The van der Waals surface area contributed by atoms with Crippen LogP contribution in [0.2, 0.25) is 5.02 Å². The van der Waals surface area contributed by atoms with Crippen molar-refractivity contribution in [2.24, 2.45) is 0 Å². The Balaban J connectivity index is 1.87. The van der Waals surface area contributed by atoms with Crippen LogP contribution in [-0.2, 0) is 20.7 Å². The number of hydrogen-bond acceptors (Lipinski definition) is 7. The minimum Gasteiger partial charge on any atom is -0.497 e. The number of aliphatic hydroxyl groups excluding tert-OH is 3. The monoisotopic (exact) mass is 422 g/mol. The second kappa shape index (κ2) is 9.11. The van der Waals surface area contributed by atoms with Gasteiger partial charge in [0, 0.05) is 5.02 Å². The van der Waals surface area contributed by atoms with Crippen LogP contribution in [0.4, 0.5) is 0 Å². The fourth-order valence-corrected chi connectivity index (χ4v) is 3.52. The molecule has 1 fully saturated rings. The van der Waals surface area contributed by atoms with Crippen molar-refractivity contribution in [1.29, 1.82) is 0 Å². The Labute approximate surface area is 173 Å². The minimum atomic E-state index is -1.60. The van der Waals surface area contributed by atoms with Gasteiger partial charge in [-0.15, -0.1) is 0 Å². The van der Waals surface area contributed by atoms with Crippen LogP contribution in [0, 0.1) is 0 Å². The summed E-state index contributed by atoms with van der Waals surface area (Å²) in [6.45, 7) is 0. The molecule has 0 amide bonds. The standard InChI is InChI=1S/C21H23ClO7/c1-27-14-6-3-11(4-7-14)9-13-10-12(5-8-15(13)22)19-17(24)16(23)18(25)20(29-19)21(26)28-2/h3-8,10,16-20,23-25H,9H2,1-2H3. The summed E-state index contributed by atoms with van der Waals surface area (Å²) in [5, 5.41) is 31.2. The third-order valence-corrected chi connectivity index (χ3v) is 5.37. The van der Waals surface area contributed by atoms with E-state index in [1.54, 1.807) is 25.3 Å². The number of aliphatic hydroxyl groups is 3. The van der Waals surface area contributed by atoms with Crippen molar-refractivity contribution in [2.75, 3.05) is 14.2 Å². The van der Waals surface area contributed by atoms with E-state index in [4.69, 9.17) is 21.1 Å². The zero-order valence-electron chi connectivity index (χ0n) is 16.0. The van der Waals surface area contributed by atoms with Gasteiger partial charge in [0.1, 0.15) is 30.2 Å². The Bertz CT molecular complexity index is 855. The van der Waals surface area contributed by atoms with E-state index in [1.807, 2.05) is 24.3 Å². The topological polar surface area (TPSA) is 105 Å². The van der Waals surface area contributed by atoms with Crippen molar-refractivity contribution >= 4 is 17.6 Å². The van der Waals surface area contributed by atoms with Crippen molar-refractivity contribution in [3.05, 3.63) is 64.2 Å². The predicted molar refractivity (Wildman–Crippen MR) is 105 cm³/mol. The summed E-state index contributed by atoms with van der Waals surface area (Å²) in [6.07, 6.45) is -6.53. The zero-order chi connectivity index (χ0) is 21.1. The molecule has 1 aliphatic rings. The lowest BCUT2D eigenvalue weighted by Crippen LogP contribution is -2.56. The smallest absolute Gasteiger partial charge is 0.337 e. The van der Waals surface area contributed by atoms with Gasteiger partial charge in [0.2, 0.25) is 0 Å². The van der Waals surface area contributed by atoms with Gasteiger partial charge in [-0.05, 0) is 41.3 Å². The number of rotatable bonds is 5.